The number of aromatic nitrogens is 1. The summed E-state index contributed by atoms with van der Waals surface area (Å²) in [5.41, 5.74) is 5.11. The number of hydrogen-bond acceptors (Lipinski definition) is 1. The highest BCUT2D eigenvalue weighted by atomic mass is 16.5. The molecule has 2 aromatic carbocycles. The van der Waals surface area contributed by atoms with E-state index >= 15 is 0 Å². The smallest absolute Gasteiger partial charge is 0.124 e. The number of aryl methyl sites for hydroxylation is 2. The molecule has 3 aromatic rings. The maximum Gasteiger partial charge on any atom is 0.124 e. The molecular weight excluding hydrogens is 282 g/mol. The molecule has 0 N–H and O–H groups in total. The Bertz CT molecular complexity index is 814. The van der Waals surface area contributed by atoms with Crippen LogP contribution in [0.4, 0.5) is 0 Å². The summed E-state index contributed by atoms with van der Waals surface area (Å²) in [6.07, 6.45) is 1.21. The van der Waals surface area contributed by atoms with Gasteiger partial charge in [0.2, 0.25) is 0 Å². The van der Waals surface area contributed by atoms with Crippen molar-refractivity contribution < 1.29 is 4.74 Å². The number of para-hydroxylation sites is 1. The van der Waals surface area contributed by atoms with E-state index in [9.17, 15) is 0 Å². The molecule has 23 heavy (non-hydrogen) atoms. The maximum atomic E-state index is 6.08. The number of fused-ring (bicyclic) bond motifs is 1. The molecule has 0 aliphatic rings. The van der Waals surface area contributed by atoms with Gasteiger partial charge in [0.15, 0.2) is 0 Å². The second-order valence-electron chi connectivity index (χ2n) is 6.39. The third kappa shape index (κ3) is 3.26. The molecule has 1 aromatic heterocycles. The zero-order valence-electron chi connectivity index (χ0n) is 14.5. The van der Waals surface area contributed by atoms with E-state index in [1.54, 1.807) is 0 Å². The Morgan fingerprint density at radius 2 is 1.83 bits per heavy atom. The van der Waals surface area contributed by atoms with Crippen molar-refractivity contribution in [3.05, 3.63) is 65.4 Å². The zero-order chi connectivity index (χ0) is 16.4. The Balaban J connectivity index is 2.02. The Morgan fingerprint density at radius 1 is 1.04 bits per heavy atom. The van der Waals surface area contributed by atoms with Crippen molar-refractivity contribution in [1.29, 1.82) is 0 Å². The first-order valence-electron chi connectivity index (χ1n) is 8.41. The van der Waals surface area contributed by atoms with Crippen molar-refractivity contribution in [2.45, 2.75) is 46.8 Å². The molecule has 0 saturated carbocycles. The van der Waals surface area contributed by atoms with Gasteiger partial charge in [-0.15, -0.1) is 0 Å². The average molecular weight is 307 g/mol. The largest absolute Gasteiger partial charge is 0.491 e. The minimum Gasteiger partial charge on any atom is -0.491 e. The van der Waals surface area contributed by atoms with Crippen molar-refractivity contribution >= 4 is 10.9 Å². The summed E-state index contributed by atoms with van der Waals surface area (Å²) >= 11 is 0. The standard InChI is InChI=1S/C21H25NO/c1-5-17-10-11-19(21(13-17)23-15(2)3)14-22-16(4)12-18-8-6-7-9-20(18)22/h6-13,15H,5,14H2,1-4H3. The summed E-state index contributed by atoms with van der Waals surface area (Å²) in [4.78, 5) is 0. The van der Waals surface area contributed by atoms with Gasteiger partial charge in [0.25, 0.3) is 0 Å². The van der Waals surface area contributed by atoms with Crippen LogP contribution in [0.5, 0.6) is 5.75 Å². The van der Waals surface area contributed by atoms with Crippen LogP contribution in [0.3, 0.4) is 0 Å². The second-order valence-corrected chi connectivity index (χ2v) is 6.39. The Hall–Kier alpha value is -2.22. The fraction of sp³-hybridized carbons (Fsp3) is 0.333. The molecule has 0 saturated heterocycles. The van der Waals surface area contributed by atoms with Crippen LogP contribution in [0.1, 0.15) is 37.6 Å². The van der Waals surface area contributed by atoms with Crippen molar-refractivity contribution in [1.82, 2.24) is 4.57 Å². The molecule has 2 heteroatoms. The van der Waals surface area contributed by atoms with Gasteiger partial charge in [-0.1, -0.05) is 37.3 Å². The molecule has 0 amide bonds. The van der Waals surface area contributed by atoms with Crippen LogP contribution in [0.2, 0.25) is 0 Å². The van der Waals surface area contributed by atoms with Crippen LogP contribution in [0, 0.1) is 6.92 Å². The van der Waals surface area contributed by atoms with Gasteiger partial charge in [-0.2, -0.15) is 0 Å². The lowest BCUT2D eigenvalue weighted by Gasteiger charge is -2.17. The monoisotopic (exact) mass is 307 g/mol. The summed E-state index contributed by atoms with van der Waals surface area (Å²) in [6, 6.07) is 17.4. The summed E-state index contributed by atoms with van der Waals surface area (Å²) in [5.74, 6) is 1.01. The van der Waals surface area contributed by atoms with Crippen LogP contribution in [-0.2, 0) is 13.0 Å². The first kappa shape index (κ1) is 15.7. The van der Waals surface area contributed by atoms with Crippen LogP contribution in [0.15, 0.2) is 48.5 Å². The van der Waals surface area contributed by atoms with Gasteiger partial charge in [0.1, 0.15) is 5.75 Å². The zero-order valence-corrected chi connectivity index (χ0v) is 14.5. The fourth-order valence-electron chi connectivity index (χ4n) is 3.04. The fourth-order valence-corrected chi connectivity index (χ4v) is 3.04. The third-order valence-electron chi connectivity index (χ3n) is 4.25. The van der Waals surface area contributed by atoms with E-state index < -0.39 is 0 Å². The topological polar surface area (TPSA) is 14.2 Å². The van der Waals surface area contributed by atoms with Gasteiger partial charge in [0.05, 0.1) is 12.6 Å². The van der Waals surface area contributed by atoms with Gasteiger partial charge in [-0.05, 0) is 56.3 Å². The van der Waals surface area contributed by atoms with Crippen molar-refractivity contribution in [3.63, 3.8) is 0 Å². The maximum absolute atomic E-state index is 6.08. The lowest BCUT2D eigenvalue weighted by molar-refractivity contribution is 0.239. The van der Waals surface area contributed by atoms with Gasteiger partial charge in [-0.3, -0.25) is 0 Å². The molecule has 0 aliphatic carbocycles. The van der Waals surface area contributed by atoms with E-state index in [0.717, 1.165) is 18.7 Å². The van der Waals surface area contributed by atoms with E-state index in [1.165, 1.54) is 27.7 Å². The lowest BCUT2D eigenvalue weighted by Crippen LogP contribution is -2.10. The molecule has 1 heterocycles. The number of nitrogens with zero attached hydrogens (tertiary/aromatic N) is 1. The highest BCUT2D eigenvalue weighted by Crippen LogP contribution is 2.26. The molecule has 0 atom stereocenters. The van der Waals surface area contributed by atoms with E-state index in [4.69, 9.17) is 4.74 Å². The Morgan fingerprint density at radius 3 is 2.57 bits per heavy atom. The van der Waals surface area contributed by atoms with Crippen molar-refractivity contribution in [2.24, 2.45) is 0 Å². The quantitative estimate of drug-likeness (QED) is 0.620. The molecule has 120 valence electrons. The van der Waals surface area contributed by atoms with E-state index in [-0.39, 0.29) is 6.10 Å². The summed E-state index contributed by atoms with van der Waals surface area (Å²) in [5, 5.41) is 1.29. The molecule has 3 rings (SSSR count). The Labute approximate surface area is 138 Å². The van der Waals surface area contributed by atoms with Crippen LogP contribution < -0.4 is 4.74 Å². The first-order valence-corrected chi connectivity index (χ1v) is 8.41. The molecule has 0 unspecified atom stereocenters. The third-order valence-corrected chi connectivity index (χ3v) is 4.25. The van der Waals surface area contributed by atoms with Crippen LogP contribution in [0.25, 0.3) is 10.9 Å². The van der Waals surface area contributed by atoms with Crippen molar-refractivity contribution in [2.75, 3.05) is 0 Å². The minimum atomic E-state index is 0.184. The van der Waals surface area contributed by atoms with Crippen molar-refractivity contribution in [3.8, 4) is 5.75 Å². The number of rotatable bonds is 5. The van der Waals surface area contributed by atoms with Crippen LogP contribution >= 0.6 is 0 Å². The molecule has 0 aliphatic heterocycles. The van der Waals surface area contributed by atoms with Gasteiger partial charge in [0, 0.05) is 16.8 Å². The Kier molecular flexibility index (Phi) is 4.42. The molecular formula is C21H25NO. The highest BCUT2D eigenvalue weighted by Gasteiger charge is 2.11. The van der Waals surface area contributed by atoms with Gasteiger partial charge >= 0.3 is 0 Å². The van der Waals surface area contributed by atoms with E-state index in [2.05, 4.69) is 80.8 Å². The summed E-state index contributed by atoms with van der Waals surface area (Å²) < 4.78 is 8.44. The summed E-state index contributed by atoms with van der Waals surface area (Å²) in [6.45, 7) is 9.35. The predicted molar refractivity (Wildman–Crippen MR) is 97.4 cm³/mol. The number of ether oxygens (including phenoxy) is 1. The predicted octanol–water partition coefficient (Wildman–Crippen LogP) is 5.35. The minimum absolute atomic E-state index is 0.184. The molecule has 0 spiro atoms. The normalized spacial score (nSPS) is 11.3. The van der Waals surface area contributed by atoms with E-state index in [0.29, 0.717) is 0 Å². The molecule has 0 bridgehead atoms. The number of hydrogen-bond donors (Lipinski definition) is 0. The second kappa shape index (κ2) is 6.49. The summed E-state index contributed by atoms with van der Waals surface area (Å²) in [7, 11) is 0. The lowest BCUT2D eigenvalue weighted by atomic mass is 10.1. The average Bonchev–Trinajstić information content (AvgIpc) is 2.84. The van der Waals surface area contributed by atoms with Gasteiger partial charge in [-0.25, -0.2) is 0 Å². The van der Waals surface area contributed by atoms with E-state index in [1.807, 2.05) is 0 Å². The van der Waals surface area contributed by atoms with Crippen LogP contribution in [-0.4, -0.2) is 10.7 Å². The number of benzene rings is 2. The molecule has 0 fully saturated rings. The molecule has 2 nitrogen and oxygen atoms in total. The SMILES string of the molecule is CCc1ccc(Cn2c(C)cc3ccccc32)c(OC(C)C)c1. The first-order chi connectivity index (χ1) is 11.1. The highest BCUT2D eigenvalue weighted by molar-refractivity contribution is 5.81. The van der Waals surface area contributed by atoms with Gasteiger partial charge < -0.3 is 9.30 Å². The molecule has 0 radical (unpaired) electrons.